The second-order valence-corrected chi connectivity index (χ2v) is 2.40. The minimum absolute atomic E-state index is 0.0521. The van der Waals surface area contributed by atoms with Crippen molar-refractivity contribution < 1.29 is 4.79 Å². The van der Waals surface area contributed by atoms with Crippen LogP contribution in [0.4, 0.5) is 5.82 Å². The lowest BCUT2D eigenvalue weighted by Gasteiger charge is -1.94. The summed E-state index contributed by atoms with van der Waals surface area (Å²) >= 11 is 5.55. The molecule has 0 aliphatic carbocycles. The molecule has 1 rings (SSSR count). The fraction of sp³-hybridized carbons (Fsp3) is 0. The smallest absolute Gasteiger partial charge is 0.293 e. The highest BCUT2D eigenvalue weighted by molar-refractivity contribution is 6.31. The van der Waals surface area contributed by atoms with Crippen molar-refractivity contribution in [2.24, 2.45) is 5.73 Å². The van der Waals surface area contributed by atoms with Crippen molar-refractivity contribution in [3.8, 4) is 11.8 Å². The van der Waals surface area contributed by atoms with Gasteiger partial charge in [-0.2, -0.15) is 0 Å². The molecular formula is C7H5ClN4O. The summed E-state index contributed by atoms with van der Waals surface area (Å²) in [5.74, 6) is 3.85. The number of amides is 1. The first-order chi connectivity index (χ1) is 6.09. The number of halogens is 1. The fourth-order valence-electron chi connectivity index (χ4n) is 0.562. The van der Waals surface area contributed by atoms with Crippen molar-refractivity contribution in [3.05, 3.63) is 17.0 Å². The minimum atomic E-state index is -0.741. The Hall–Kier alpha value is -1.80. The highest BCUT2D eigenvalue weighted by Crippen LogP contribution is 2.10. The number of nitrogens with two attached hydrogens (primary N) is 2. The van der Waals surface area contributed by atoms with Gasteiger partial charge in [0, 0.05) is 5.92 Å². The predicted octanol–water partition coefficient (Wildman–Crippen LogP) is -0.451. The van der Waals surface area contributed by atoms with Gasteiger partial charge in [-0.15, -0.1) is 0 Å². The number of anilines is 1. The Morgan fingerprint density at radius 2 is 2.31 bits per heavy atom. The Bertz CT molecular complexity index is 407. The average molecular weight is 197 g/mol. The molecule has 0 aliphatic rings. The molecule has 0 radical (unpaired) electrons. The molecular weight excluding hydrogens is 192 g/mol. The number of carbonyl (C=O) groups excluding carboxylic acids is 1. The summed E-state index contributed by atoms with van der Waals surface area (Å²) in [5, 5.41) is 0.0521. The summed E-state index contributed by atoms with van der Waals surface area (Å²) in [6.45, 7) is 0. The second-order valence-electron chi connectivity index (χ2n) is 2.05. The van der Waals surface area contributed by atoms with Crippen molar-refractivity contribution in [2.45, 2.75) is 0 Å². The van der Waals surface area contributed by atoms with Gasteiger partial charge in [0.05, 0.1) is 6.20 Å². The van der Waals surface area contributed by atoms with Crippen LogP contribution in [0.25, 0.3) is 0 Å². The number of aromatic nitrogens is 2. The van der Waals surface area contributed by atoms with Gasteiger partial charge >= 0.3 is 0 Å². The molecule has 0 bridgehead atoms. The van der Waals surface area contributed by atoms with Gasteiger partial charge in [0.1, 0.15) is 5.69 Å². The van der Waals surface area contributed by atoms with E-state index in [1.807, 2.05) is 0 Å². The van der Waals surface area contributed by atoms with Gasteiger partial charge in [-0.3, -0.25) is 4.79 Å². The maximum Gasteiger partial charge on any atom is 0.293 e. The summed E-state index contributed by atoms with van der Waals surface area (Å²) < 4.78 is 0. The van der Waals surface area contributed by atoms with Crippen LogP contribution in [0, 0.1) is 11.8 Å². The molecule has 1 aromatic rings. The first-order valence-corrected chi connectivity index (χ1v) is 3.57. The van der Waals surface area contributed by atoms with Gasteiger partial charge in [0.15, 0.2) is 11.0 Å². The van der Waals surface area contributed by atoms with Gasteiger partial charge in [-0.25, -0.2) is 9.97 Å². The third-order valence-corrected chi connectivity index (χ3v) is 1.35. The number of hydrogen-bond donors (Lipinski definition) is 2. The molecule has 1 aromatic heterocycles. The van der Waals surface area contributed by atoms with Crippen LogP contribution in [-0.4, -0.2) is 15.9 Å². The molecule has 1 amide bonds. The quantitative estimate of drug-likeness (QED) is 0.550. The Morgan fingerprint density at radius 3 is 2.85 bits per heavy atom. The van der Waals surface area contributed by atoms with Crippen LogP contribution >= 0.6 is 11.6 Å². The molecule has 4 N–H and O–H groups in total. The molecule has 0 atom stereocenters. The number of carbonyl (C=O) groups is 1. The average Bonchev–Trinajstić information content (AvgIpc) is 2.07. The predicted molar refractivity (Wildman–Crippen MR) is 47.5 cm³/mol. The van der Waals surface area contributed by atoms with Crippen molar-refractivity contribution in [3.63, 3.8) is 0 Å². The Balaban J connectivity index is 3.00. The lowest BCUT2D eigenvalue weighted by Crippen LogP contribution is -2.06. The summed E-state index contributed by atoms with van der Waals surface area (Å²) in [6, 6.07) is 0. The fourth-order valence-corrected chi connectivity index (χ4v) is 0.702. The highest BCUT2D eigenvalue weighted by atomic mass is 35.5. The van der Waals surface area contributed by atoms with Crippen LogP contribution in [0.2, 0.25) is 5.15 Å². The maximum absolute atomic E-state index is 10.3. The zero-order chi connectivity index (χ0) is 9.84. The van der Waals surface area contributed by atoms with Gasteiger partial charge < -0.3 is 11.5 Å². The van der Waals surface area contributed by atoms with E-state index in [9.17, 15) is 4.79 Å². The van der Waals surface area contributed by atoms with Gasteiger partial charge in [-0.05, 0) is 5.92 Å². The lowest BCUT2D eigenvalue weighted by molar-refractivity contribution is -0.112. The van der Waals surface area contributed by atoms with E-state index in [0.29, 0.717) is 0 Å². The van der Waals surface area contributed by atoms with E-state index in [0.717, 1.165) is 0 Å². The SMILES string of the molecule is NC(=O)C#Cc1cnc(N)c(Cl)n1. The van der Waals surface area contributed by atoms with E-state index >= 15 is 0 Å². The summed E-state index contributed by atoms with van der Waals surface area (Å²) in [4.78, 5) is 17.7. The molecule has 0 aromatic carbocycles. The lowest BCUT2D eigenvalue weighted by atomic mass is 10.4. The molecule has 0 saturated carbocycles. The third-order valence-electron chi connectivity index (χ3n) is 1.07. The van der Waals surface area contributed by atoms with Gasteiger partial charge in [-0.1, -0.05) is 11.6 Å². The largest absolute Gasteiger partial charge is 0.381 e. The highest BCUT2D eigenvalue weighted by Gasteiger charge is 1.98. The molecule has 6 heteroatoms. The zero-order valence-corrected chi connectivity index (χ0v) is 7.17. The Morgan fingerprint density at radius 1 is 1.62 bits per heavy atom. The van der Waals surface area contributed by atoms with Crippen LogP contribution in [0.5, 0.6) is 0 Å². The first-order valence-electron chi connectivity index (χ1n) is 3.19. The number of nitrogens with zero attached hydrogens (tertiary/aromatic N) is 2. The number of rotatable bonds is 0. The van der Waals surface area contributed by atoms with E-state index in [1.54, 1.807) is 0 Å². The first kappa shape index (κ1) is 9.29. The van der Waals surface area contributed by atoms with Crippen molar-refractivity contribution in [2.75, 3.05) is 5.73 Å². The normalized spacial score (nSPS) is 8.69. The summed E-state index contributed by atoms with van der Waals surface area (Å²) in [5.41, 5.74) is 10.3. The zero-order valence-electron chi connectivity index (χ0n) is 6.41. The number of primary amides is 1. The van der Waals surface area contributed by atoms with E-state index in [-0.39, 0.29) is 16.7 Å². The Labute approximate surface area is 79.1 Å². The molecule has 13 heavy (non-hydrogen) atoms. The molecule has 66 valence electrons. The topological polar surface area (TPSA) is 94.9 Å². The molecule has 0 aliphatic heterocycles. The van der Waals surface area contributed by atoms with E-state index in [4.69, 9.17) is 23.1 Å². The monoisotopic (exact) mass is 196 g/mol. The van der Waals surface area contributed by atoms with Crippen LogP contribution in [0.15, 0.2) is 6.20 Å². The van der Waals surface area contributed by atoms with E-state index < -0.39 is 5.91 Å². The maximum atomic E-state index is 10.3. The summed E-state index contributed by atoms with van der Waals surface area (Å²) in [7, 11) is 0. The van der Waals surface area contributed by atoms with Crippen LogP contribution in [0.3, 0.4) is 0 Å². The number of nitrogen functional groups attached to an aromatic ring is 1. The van der Waals surface area contributed by atoms with Gasteiger partial charge in [0.25, 0.3) is 5.91 Å². The van der Waals surface area contributed by atoms with Gasteiger partial charge in [0.2, 0.25) is 0 Å². The third kappa shape index (κ3) is 2.61. The molecule has 0 spiro atoms. The molecule has 0 unspecified atom stereocenters. The standard InChI is InChI=1S/C7H5ClN4O/c8-6-7(10)11-3-4(12-6)1-2-5(9)13/h3H,(H2,9,13)(H2,10,11). The molecule has 0 saturated heterocycles. The summed E-state index contributed by atoms with van der Waals surface area (Å²) in [6.07, 6.45) is 1.30. The second kappa shape index (κ2) is 3.74. The molecule has 5 nitrogen and oxygen atoms in total. The van der Waals surface area contributed by atoms with E-state index in [1.165, 1.54) is 6.20 Å². The van der Waals surface area contributed by atoms with Crippen molar-refractivity contribution >= 4 is 23.3 Å². The van der Waals surface area contributed by atoms with Crippen LogP contribution in [-0.2, 0) is 4.79 Å². The minimum Gasteiger partial charge on any atom is -0.381 e. The molecule has 1 heterocycles. The van der Waals surface area contributed by atoms with Crippen LogP contribution in [0.1, 0.15) is 5.69 Å². The molecule has 0 fully saturated rings. The van der Waals surface area contributed by atoms with E-state index in [2.05, 4.69) is 21.8 Å². The van der Waals surface area contributed by atoms with Crippen molar-refractivity contribution in [1.29, 1.82) is 0 Å². The van der Waals surface area contributed by atoms with Crippen molar-refractivity contribution in [1.82, 2.24) is 9.97 Å². The Kier molecular flexibility index (Phi) is 2.67. The number of hydrogen-bond acceptors (Lipinski definition) is 4. The van der Waals surface area contributed by atoms with Crippen LogP contribution < -0.4 is 11.5 Å².